The van der Waals surface area contributed by atoms with E-state index in [0.717, 1.165) is 12.1 Å². The zero-order valence-electron chi connectivity index (χ0n) is 6.96. The summed E-state index contributed by atoms with van der Waals surface area (Å²) in [5, 5.41) is 0. The second kappa shape index (κ2) is 4.39. The Kier molecular flexibility index (Phi) is 3.20. The number of rotatable bonds is 2. The van der Waals surface area contributed by atoms with E-state index in [9.17, 15) is 18.4 Å². The molecule has 5 heteroatoms. The van der Waals surface area contributed by atoms with Crippen LogP contribution in [0.5, 0.6) is 0 Å². The smallest absolute Gasteiger partial charge is 0.260 e. The number of nitrogens with zero attached hydrogens (tertiary/aromatic N) is 1. The van der Waals surface area contributed by atoms with Crippen LogP contribution in [0.25, 0.3) is 0 Å². The largest absolute Gasteiger partial charge is 0.271 e. The van der Waals surface area contributed by atoms with Crippen LogP contribution in [0.15, 0.2) is 23.2 Å². The first-order chi connectivity index (χ1) is 6.65. The SMILES string of the molecule is O=C=NC(=O)Cc1cccc(F)c1F. The third kappa shape index (κ3) is 2.31. The zero-order chi connectivity index (χ0) is 10.6. The van der Waals surface area contributed by atoms with Crippen molar-refractivity contribution in [3.8, 4) is 0 Å². The van der Waals surface area contributed by atoms with E-state index in [2.05, 4.69) is 4.99 Å². The highest BCUT2D eigenvalue weighted by Crippen LogP contribution is 2.12. The van der Waals surface area contributed by atoms with E-state index in [1.165, 1.54) is 12.1 Å². The molecule has 0 unspecified atom stereocenters. The second-order valence-electron chi connectivity index (χ2n) is 2.49. The van der Waals surface area contributed by atoms with Gasteiger partial charge < -0.3 is 0 Å². The van der Waals surface area contributed by atoms with E-state index in [0.29, 0.717) is 0 Å². The summed E-state index contributed by atoms with van der Waals surface area (Å²) in [6, 6.07) is 3.45. The molecule has 1 aromatic carbocycles. The van der Waals surface area contributed by atoms with Gasteiger partial charge in [0.05, 0.1) is 6.42 Å². The standard InChI is InChI=1S/C9H5F2NO2/c10-7-3-1-2-6(9(7)11)4-8(14)12-5-13/h1-3H,4H2. The maximum Gasteiger partial charge on any atom is 0.260 e. The zero-order valence-corrected chi connectivity index (χ0v) is 6.96. The molecule has 1 aromatic rings. The normalized spacial score (nSPS) is 9.29. The van der Waals surface area contributed by atoms with Gasteiger partial charge in [-0.2, -0.15) is 0 Å². The van der Waals surface area contributed by atoms with Crippen LogP contribution in [0.4, 0.5) is 8.78 Å². The molecule has 72 valence electrons. The fraction of sp³-hybridized carbons (Fsp3) is 0.111. The number of halogens is 2. The molecule has 0 aromatic heterocycles. The first kappa shape index (κ1) is 10.2. The summed E-state index contributed by atoms with van der Waals surface area (Å²) >= 11 is 0. The third-order valence-corrected chi connectivity index (χ3v) is 1.54. The van der Waals surface area contributed by atoms with E-state index >= 15 is 0 Å². The molecule has 0 radical (unpaired) electrons. The number of isocyanates is 1. The van der Waals surface area contributed by atoms with Crippen LogP contribution >= 0.6 is 0 Å². The number of benzene rings is 1. The lowest BCUT2D eigenvalue weighted by atomic mass is 10.1. The Balaban J connectivity index is 2.92. The van der Waals surface area contributed by atoms with Crippen molar-refractivity contribution in [2.75, 3.05) is 0 Å². The van der Waals surface area contributed by atoms with Gasteiger partial charge in [-0.1, -0.05) is 12.1 Å². The Morgan fingerprint density at radius 2 is 2.14 bits per heavy atom. The van der Waals surface area contributed by atoms with Crippen molar-refractivity contribution < 1.29 is 18.4 Å². The van der Waals surface area contributed by atoms with Gasteiger partial charge in [0.25, 0.3) is 5.91 Å². The van der Waals surface area contributed by atoms with Crippen LogP contribution in [-0.4, -0.2) is 12.0 Å². The van der Waals surface area contributed by atoms with Gasteiger partial charge in [0.2, 0.25) is 6.08 Å². The average Bonchev–Trinajstić information content (AvgIpc) is 2.13. The maximum atomic E-state index is 12.9. The first-order valence-corrected chi connectivity index (χ1v) is 3.68. The molecule has 0 fully saturated rings. The summed E-state index contributed by atoms with van der Waals surface area (Å²) in [6.45, 7) is 0. The molecule has 0 bridgehead atoms. The first-order valence-electron chi connectivity index (χ1n) is 3.68. The predicted octanol–water partition coefficient (Wildman–Crippen LogP) is 1.37. The number of carbonyl (C=O) groups excluding carboxylic acids is 2. The van der Waals surface area contributed by atoms with Crippen LogP contribution in [0, 0.1) is 11.6 Å². The van der Waals surface area contributed by atoms with Gasteiger partial charge >= 0.3 is 0 Å². The van der Waals surface area contributed by atoms with E-state index < -0.39 is 24.0 Å². The van der Waals surface area contributed by atoms with Crippen molar-refractivity contribution in [3.05, 3.63) is 35.4 Å². The lowest BCUT2D eigenvalue weighted by molar-refractivity contribution is -0.117. The second-order valence-corrected chi connectivity index (χ2v) is 2.49. The molecule has 0 spiro atoms. The fourth-order valence-corrected chi connectivity index (χ4v) is 0.938. The quantitative estimate of drug-likeness (QED) is 0.531. The van der Waals surface area contributed by atoms with Crippen LogP contribution < -0.4 is 0 Å². The van der Waals surface area contributed by atoms with Crippen molar-refractivity contribution >= 4 is 12.0 Å². The minimum absolute atomic E-state index is 0.131. The Labute approximate surface area is 78.1 Å². The molecule has 0 aliphatic rings. The Morgan fingerprint density at radius 1 is 1.43 bits per heavy atom. The van der Waals surface area contributed by atoms with E-state index in [1.807, 2.05) is 0 Å². The predicted molar refractivity (Wildman–Crippen MR) is 43.2 cm³/mol. The summed E-state index contributed by atoms with van der Waals surface area (Å²) in [5.41, 5.74) is -0.131. The molecular formula is C9H5F2NO2. The van der Waals surface area contributed by atoms with Crippen molar-refractivity contribution in [2.45, 2.75) is 6.42 Å². The minimum atomic E-state index is -1.10. The molecule has 0 aliphatic heterocycles. The molecular weight excluding hydrogens is 192 g/mol. The van der Waals surface area contributed by atoms with Gasteiger partial charge in [-0.05, 0) is 6.07 Å². The van der Waals surface area contributed by atoms with Gasteiger partial charge in [-0.3, -0.25) is 4.79 Å². The molecule has 0 atom stereocenters. The molecule has 0 saturated heterocycles. The van der Waals surface area contributed by atoms with E-state index in [-0.39, 0.29) is 5.56 Å². The van der Waals surface area contributed by atoms with Crippen LogP contribution in [-0.2, 0) is 16.0 Å². The molecule has 1 rings (SSSR count). The Bertz CT molecular complexity index is 411. The number of aliphatic imine (C=N–C) groups is 1. The van der Waals surface area contributed by atoms with E-state index in [1.54, 1.807) is 0 Å². The summed E-state index contributed by atoms with van der Waals surface area (Å²) < 4.78 is 25.6. The maximum absolute atomic E-state index is 12.9. The van der Waals surface area contributed by atoms with Crippen LogP contribution in [0.1, 0.15) is 5.56 Å². The van der Waals surface area contributed by atoms with E-state index in [4.69, 9.17) is 0 Å². The number of hydrogen-bond donors (Lipinski definition) is 0. The van der Waals surface area contributed by atoms with Gasteiger partial charge in [0, 0.05) is 5.56 Å². The fourth-order valence-electron chi connectivity index (χ4n) is 0.938. The molecule has 0 aliphatic carbocycles. The molecule has 14 heavy (non-hydrogen) atoms. The number of carbonyl (C=O) groups is 1. The number of amides is 1. The number of hydrogen-bond acceptors (Lipinski definition) is 2. The van der Waals surface area contributed by atoms with Crippen LogP contribution in [0.2, 0.25) is 0 Å². The van der Waals surface area contributed by atoms with Crippen molar-refractivity contribution in [3.63, 3.8) is 0 Å². The highest BCUT2D eigenvalue weighted by Gasteiger charge is 2.10. The lowest BCUT2D eigenvalue weighted by Gasteiger charge is -1.99. The highest BCUT2D eigenvalue weighted by atomic mass is 19.2. The third-order valence-electron chi connectivity index (χ3n) is 1.54. The highest BCUT2D eigenvalue weighted by molar-refractivity contribution is 5.83. The van der Waals surface area contributed by atoms with Crippen molar-refractivity contribution in [1.29, 1.82) is 0 Å². The Hall–Kier alpha value is -1.87. The summed E-state index contributed by atoms with van der Waals surface area (Å²) in [6.07, 6.45) is 0.585. The monoisotopic (exact) mass is 197 g/mol. The molecule has 1 amide bonds. The topological polar surface area (TPSA) is 46.5 Å². The summed E-state index contributed by atoms with van der Waals surface area (Å²) in [7, 11) is 0. The minimum Gasteiger partial charge on any atom is -0.271 e. The molecule has 0 saturated carbocycles. The molecule has 0 N–H and O–H groups in total. The van der Waals surface area contributed by atoms with Gasteiger partial charge in [-0.25, -0.2) is 13.6 Å². The average molecular weight is 197 g/mol. The van der Waals surface area contributed by atoms with Gasteiger partial charge in [0.15, 0.2) is 11.6 Å². The molecule has 3 nitrogen and oxygen atoms in total. The summed E-state index contributed by atoms with van der Waals surface area (Å²) in [4.78, 5) is 23.2. The van der Waals surface area contributed by atoms with Gasteiger partial charge in [0.1, 0.15) is 0 Å². The molecule has 0 heterocycles. The lowest BCUT2D eigenvalue weighted by Crippen LogP contribution is -2.02. The van der Waals surface area contributed by atoms with Gasteiger partial charge in [-0.15, -0.1) is 4.99 Å². The Morgan fingerprint density at radius 3 is 2.79 bits per heavy atom. The van der Waals surface area contributed by atoms with Crippen molar-refractivity contribution in [1.82, 2.24) is 0 Å². The van der Waals surface area contributed by atoms with Crippen molar-refractivity contribution in [2.24, 2.45) is 4.99 Å². The van der Waals surface area contributed by atoms with Crippen LogP contribution in [0.3, 0.4) is 0 Å². The summed E-state index contributed by atoms with van der Waals surface area (Å²) in [5.74, 6) is -2.99.